The van der Waals surface area contributed by atoms with Gasteiger partial charge in [0.1, 0.15) is 0 Å². The van der Waals surface area contributed by atoms with E-state index in [-0.39, 0.29) is 44.9 Å². The summed E-state index contributed by atoms with van der Waals surface area (Å²) >= 11 is 3.01. The van der Waals surface area contributed by atoms with Crippen LogP contribution in [0.5, 0.6) is 0 Å². The maximum atomic E-state index is 12.5. The molecule has 0 bridgehead atoms. The van der Waals surface area contributed by atoms with Gasteiger partial charge in [-0.1, -0.05) is 46.1 Å². The molecule has 0 saturated carbocycles. The molecule has 0 aliphatic heterocycles. The molecule has 0 N–H and O–H groups in total. The van der Waals surface area contributed by atoms with Crippen molar-refractivity contribution in [3.05, 3.63) is 57.9 Å². The van der Waals surface area contributed by atoms with Crippen molar-refractivity contribution in [1.29, 1.82) is 0 Å². The second-order valence-corrected chi connectivity index (χ2v) is 3.81. The van der Waals surface area contributed by atoms with Crippen LogP contribution in [0.25, 0.3) is 11.1 Å². The fourth-order valence-corrected chi connectivity index (χ4v) is 1.83. The minimum Gasteiger partial charge on any atom is -0.289 e. The first-order chi connectivity index (χ1) is 10.2. The predicted molar refractivity (Wildman–Crippen MR) is 63.0 cm³/mol. The maximum Gasteiger partial charge on any atom is 0.194 e. The molecule has 0 radical (unpaired) electrons. The number of hydrogen-bond donors (Lipinski definition) is 0. The van der Waals surface area contributed by atoms with Crippen molar-refractivity contribution in [1.82, 2.24) is 0 Å². The van der Waals surface area contributed by atoms with E-state index in [1.165, 1.54) is 0 Å². The largest absolute Gasteiger partial charge is 0.289 e. The molecule has 0 spiro atoms. The van der Waals surface area contributed by atoms with Gasteiger partial charge in [0.2, 0.25) is 0 Å². The fraction of sp³-hybridized carbons (Fsp3) is 0. The van der Waals surface area contributed by atoms with Crippen LogP contribution in [-0.4, -0.2) is 5.78 Å². The summed E-state index contributed by atoms with van der Waals surface area (Å²) in [5.74, 6) is -0.712. The summed E-state index contributed by atoms with van der Waals surface area (Å²) in [6.45, 7) is 0. The highest BCUT2D eigenvalue weighted by Crippen LogP contribution is 2.37. The van der Waals surface area contributed by atoms with Gasteiger partial charge in [-0.25, -0.2) is 0 Å². The number of ketones is 1. The smallest absolute Gasteiger partial charge is 0.194 e. The van der Waals surface area contributed by atoms with E-state index in [0.29, 0.717) is 0 Å². The molecule has 1 aliphatic carbocycles. The SMILES string of the molecule is [2H]c1c([2H])c([2H])c2c(c1[2H])C(=O)c1c([2H])c(Br)c([2H])c([2H])c1-2. The molecule has 0 atom stereocenters. The minimum absolute atomic E-state index is 0.00680. The Kier molecular flexibility index (Phi) is 0.855. The van der Waals surface area contributed by atoms with Crippen molar-refractivity contribution in [2.75, 3.05) is 0 Å². The lowest BCUT2D eigenvalue weighted by Crippen LogP contribution is -1.94. The number of benzene rings is 2. The van der Waals surface area contributed by atoms with Crippen molar-refractivity contribution in [2.24, 2.45) is 0 Å². The van der Waals surface area contributed by atoms with Gasteiger partial charge in [0.25, 0.3) is 0 Å². The summed E-state index contributed by atoms with van der Waals surface area (Å²) in [7, 11) is 0. The quantitative estimate of drug-likeness (QED) is 0.607. The standard InChI is InChI=1S/C13H7BrO/c14-8-5-6-10-9-3-1-2-4-11(9)13(15)12(10)7-8/h1-7H/i1D,2D,3D,4D,5D,6D,7D. The summed E-state index contributed by atoms with van der Waals surface area (Å²) in [5.41, 5.74) is -0.550. The third-order valence-corrected chi connectivity index (χ3v) is 2.57. The van der Waals surface area contributed by atoms with Gasteiger partial charge in [0, 0.05) is 15.6 Å². The molecule has 72 valence electrons. The van der Waals surface area contributed by atoms with Crippen molar-refractivity contribution in [3.8, 4) is 11.1 Å². The van der Waals surface area contributed by atoms with Crippen molar-refractivity contribution in [2.45, 2.75) is 0 Å². The summed E-state index contributed by atoms with van der Waals surface area (Å²) < 4.78 is 55.0. The molecule has 0 saturated heterocycles. The Morgan fingerprint density at radius 1 is 0.933 bits per heavy atom. The van der Waals surface area contributed by atoms with E-state index in [1.54, 1.807) is 0 Å². The number of carbonyl (C=O) groups excluding carboxylic acids is 1. The van der Waals surface area contributed by atoms with Crippen LogP contribution in [0.1, 0.15) is 25.5 Å². The Bertz CT molecular complexity index is 820. The average molecular weight is 266 g/mol. The van der Waals surface area contributed by atoms with E-state index in [0.717, 1.165) is 0 Å². The van der Waals surface area contributed by atoms with E-state index in [2.05, 4.69) is 15.9 Å². The van der Waals surface area contributed by atoms with Crippen LogP contribution in [0.4, 0.5) is 0 Å². The monoisotopic (exact) mass is 265 g/mol. The fourth-order valence-electron chi connectivity index (χ4n) is 1.54. The Hall–Kier alpha value is -1.41. The number of fused-ring (bicyclic) bond motifs is 3. The molecule has 2 aromatic carbocycles. The van der Waals surface area contributed by atoms with Crippen molar-refractivity contribution >= 4 is 21.7 Å². The van der Waals surface area contributed by atoms with Crippen LogP contribution in [0.2, 0.25) is 0 Å². The highest BCUT2D eigenvalue weighted by atomic mass is 79.9. The molecule has 0 aromatic heterocycles. The minimum atomic E-state index is -0.712. The number of halogens is 1. The number of carbonyl (C=O) groups is 1. The molecular formula is C13H7BrO. The van der Waals surface area contributed by atoms with E-state index in [1.807, 2.05) is 0 Å². The maximum absolute atomic E-state index is 12.5. The second-order valence-electron chi connectivity index (χ2n) is 3.02. The normalized spacial score (nSPS) is 19.0. The van der Waals surface area contributed by atoms with E-state index in [4.69, 9.17) is 9.60 Å². The zero-order valence-electron chi connectivity index (χ0n) is 14.3. The van der Waals surface area contributed by atoms with Crippen LogP contribution in [0.15, 0.2) is 46.8 Å². The van der Waals surface area contributed by atoms with Gasteiger partial charge in [0.05, 0.1) is 9.60 Å². The molecule has 2 heteroatoms. The summed E-state index contributed by atoms with van der Waals surface area (Å²) in [6, 6.07) is -2.88. The van der Waals surface area contributed by atoms with E-state index < -0.39 is 30.0 Å². The molecule has 0 unspecified atom stereocenters. The Morgan fingerprint density at radius 2 is 1.60 bits per heavy atom. The molecule has 0 amide bonds. The molecule has 1 aliphatic rings. The summed E-state index contributed by atoms with van der Waals surface area (Å²) in [4.78, 5) is 12.5. The average Bonchev–Trinajstić information content (AvgIpc) is 2.80. The van der Waals surface area contributed by atoms with Crippen LogP contribution in [0, 0.1) is 0 Å². The van der Waals surface area contributed by atoms with Crippen LogP contribution in [-0.2, 0) is 0 Å². The zero-order chi connectivity index (χ0) is 16.5. The molecule has 2 aromatic rings. The molecule has 15 heavy (non-hydrogen) atoms. The van der Waals surface area contributed by atoms with Gasteiger partial charge >= 0.3 is 0 Å². The first-order valence-electron chi connectivity index (χ1n) is 7.64. The van der Waals surface area contributed by atoms with Crippen LogP contribution < -0.4 is 0 Å². The number of hydrogen-bond acceptors (Lipinski definition) is 1. The first-order valence-corrected chi connectivity index (χ1v) is 4.94. The molecule has 1 nitrogen and oxygen atoms in total. The summed E-state index contributed by atoms with van der Waals surface area (Å²) in [5, 5.41) is 0. The zero-order valence-corrected chi connectivity index (χ0v) is 8.87. The van der Waals surface area contributed by atoms with Gasteiger partial charge in [-0.15, -0.1) is 0 Å². The second kappa shape index (κ2) is 3.04. The molecule has 3 rings (SSSR count). The lowest BCUT2D eigenvalue weighted by atomic mass is 10.1. The highest BCUT2D eigenvalue weighted by molar-refractivity contribution is 9.10. The number of rotatable bonds is 0. The van der Waals surface area contributed by atoms with Gasteiger partial charge in [-0.3, -0.25) is 4.79 Å². The van der Waals surface area contributed by atoms with Crippen molar-refractivity contribution in [3.63, 3.8) is 0 Å². The molecular weight excluding hydrogens is 252 g/mol. The van der Waals surface area contributed by atoms with Gasteiger partial charge in [-0.2, -0.15) is 0 Å². The van der Waals surface area contributed by atoms with Crippen LogP contribution >= 0.6 is 15.9 Å². The van der Waals surface area contributed by atoms with Gasteiger partial charge in [-0.05, 0) is 23.2 Å². The topological polar surface area (TPSA) is 17.1 Å². The van der Waals surface area contributed by atoms with Crippen LogP contribution in [0.3, 0.4) is 0 Å². The van der Waals surface area contributed by atoms with Gasteiger partial charge in [0.15, 0.2) is 5.78 Å². The lowest BCUT2D eigenvalue weighted by Gasteiger charge is -1.98. The van der Waals surface area contributed by atoms with Gasteiger partial charge < -0.3 is 0 Å². The van der Waals surface area contributed by atoms with E-state index >= 15 is 0 Å². The third kappa shape index (κ3) is 1.18. The predicted octanol–water partition coefficient (Wildman–Crippen LogP) is 3.66. The van der Waals surface area contributed by atoms with E-state index in [9.17, 15) is 4.79 Å². The Balaban J connectivity index is 2.59. The Morgan fingerprint density at radius 3 is 2.40 bits per heavy atom. The Labute approximate surface area is 106 Å². The highest BCUT2D eigenvalue weighted by Gasteiger charge is 2.25. The van der Waals surface area contributed by atoms with Crippen molar-refractivity contribution < 1.29 is 14.4 Å². The first kappa shape index (κ1) is 4.22. The lowest BCUT2D eigenvalue weighted by molar-refractivity contribution is 0.104. The molecule has 0 fully saturated rings. The summed E-state index contributed by atoms with van der Waals surface area (Å²) in [6.07, 6.45) is 0. The third-order valence-electron chi connectivity index (χ3n) is 2.17. The molecule has 0 heterocycles.